The number of methoxy groups -OCH3 is 2. The summed E-state index contributed by atoms with van der Waals surface area (Å²) in [7, 11) is 2.86. The molecule has 0 saturated heterocycles. The van der Waals surface area contributed by atoms with Gasteiger partial charge in [0.25, 0.3) is 0 Å². The van der Waals surface area contributed by atoms with Crippen molar-refractivity contribution in [2.45, 2.75) is 13.0 Å². The van der Waals surface area contributed by atoms with Gasteiger partial charge in [-0.25, -0.2) is 4.79 Å². The predicted octanol–water partition coefficient (Wildman–Crippen LogP) is 2.46. The molecule has 0 aliphatic heterocycles. The van der Waals surface area contributed by atoms with E-state index in [0.717, 1.165) is 11.3 Å². The van der Waals surface area contributed by atoms with E-state index in [2.05, 4.69) is 4.74 Å². The molecule has 1 atom stereocenters. The van der Waals surface area contributed by atoms with Gasteiger partial charge in [-0.3, -0.25) is 0 Å². The molecule has 1 unspecified atom stereocenters. The fourth-order valence-corrected chi connectivity index (χ4v) is 1.95. The van der Waals surface area contributed by atoms with Gasteiger partial charge in [-0.15, -0.1) is 0 Å². The molecule has 0 aliphatic rings. The highest BCUT2D eigenvalue weighted by Gasteiger charge is 2.18. The molecule has 0 amide bonds. The van der Waals surface area contributed by atoms with Gasteiger partial charge in [0.15, 0.2) is 0 Å². The van der Waals surface area contributed by atoms with Crippen LogP contribution in [0.1, 0.15) is 33.5 Å². The molecule has 0 saturated carbocycles. The third-order valence-electron chi connectivity index (χ3n) is 3.02. The lowest BCUT2D eigenvalue weighted by molar-refractivity contribution is 0.0558. The predicted molar refractivity (Wildman–Crippen MR) is 71.8 cm³/mol. The Bertz CT molecular complexity index is 614. The van der Waals surface area contributed by atoms with Crippen LogP contribution in [0, 0.1) is 6.92 Å². The summed E-state index contributed by atoms with van der Waals surface area (Å²) in [5.41, 5.74) is 1.57. The Morgan fingerprint density at radius 3 is 2.60 bits per heavy atom. The van der Waals surface area contributed by atoms with E-state index in [1.54, 1.807) is 25.3 Å². The first-order valence-corrected chi connectivity index (χ1v) is 6.07. The van der Waals surface area contributed by atoms with Crippen molar-refractivity contribution < 1.29 is 23.8 Å². The largest absolute Gasteiger partial charge is 0.496 e. The van der Waals surface area contributed by atoms with Crippen LogP contribution in [-0.2, 0) is 4.74 Å². The third-order valence-corrected chi connectivity index (χ3v) is 3.02. The minimum atomic E-state index is -0.946. The Kier molecular flexibility index (Phi) is 4.10. The second-order valence-corrected chi connectivity index (χ2v) is 4.33. The Morgan fingerprint density at radius 2 is 2.00 bits per heavy atom. The van der Waals surface area contributed by atoms with Crippen molar-refractivity contribution in [3.8, 4) is 5.75 Å². The molecule has 2 aromatic rings. The lowest BCUT2D eigenvalue weighted by atomic mass is 10.0. The van der Waals surface area contributed by atoms with E-state index in [1.807, 2.05) is 13.0 Å². The summed E-state index contributed by atoms with van der Waals surface area (Å²) in [5.74, 6) is 0.520. The summed E-state index contributed by atoms with van der Waals surface area (Å²) in [4.78, 5) is 11.3. The van der Waals surface area contributed by atoms with Crippen LogP contribution in [0.25, 0.3) is 0 Å². The van der Waals surface area contributed by atoms with Crippen molar-refractivity contribution >= 4 is 5.97 Å². The van der Waals surface area contributed by atoms with Gasteiger partial charge in [0.2, 0.25) is 5.76 Å². The second kappa shape index (κ2) is 5.79. The number of hydrogen-bond acceptors (Lipinski definition) is 5. The lowest BCUT2D eigenvalue weighted by Crippen LogP contribution is -2.01. The first-order chi connectivity index (χ1) is 9.56. The molecule has 1 aromatic heterocycles. The molecule has 0 fully saturated rings. The van der Waals surface area contributed by atoms with Gasteiger partial charge < -0.3 is 19.0 Å². The number of aryl methyl sites for hydroxylation is 1. The van der Waals surface area contributed by atoms with Crippen LogP contribution in [0.2, 0.25) is 0 Å². The summed E-state index contributed by atoms with van der Waals surface area (Å²) in [5, 5.41) is 10.3. The maximum Gasteiger partial charge on any atom is 0.373 e. The molecule has 1 heterocycles. The Labute approximate surface area is 116 Å². The monoisotopic (exact) mass is 276 g/mol. The van der Waals surface area contributed by atoms with Gasteiger partial charge in [0.1, 0.15) is 17.6 Å². The number of benzene rings is 1. The average molecular weight is 276 g/mol. The Balaban J connectivity index is 2.26. The van der Waals surface area contributed by atoms with E-state index >= 15 is 0 Å². The maximum absolute atomic E-state index is 11.3. The van der Waals surface area contributed by atoms with Gasteiger partial charge in [0.05, 0.1) is 14.2 Å². The molecule has 5 nitrogen and oxygen atoms in total. The van der Waals surface area contributed by atoms with E-state index in [-0.39, 0.29) is 11.5 Å². The van der Waals surface area contributed by atoms with E-state index in [1.165, 1.54) is 13.2 Å². The number of carbonyl (C=O) groups excluding carboxylic acids is 1. The zero-order valence-corrected chi connectivity index (χ0v) is 11.5. The number of ether oxygens (including phenoxy) is 2. The minimum Gasteiger partial charge on any atom is -0.496 e. The molecule has 1 N–H and O–H groups in total. The smallest absolute Gasteiger partial charge is 0.373 e. The first-order valence-electron chi connectivity index (χ1n) is 6.07. The van der Waals surface area contributed by atoms with Crippen molar-refractivity contribution in [2.75, 3.05) is 14.2 Å². The van der Waals surface area contributed by atoms with Crippen molar-refractivity contribution in [1.29, 1.82) is 0 Å². The normalized spacial score (nSPS) is 12.0. The van der Waals surface area contributed by atoms with Gasteiger partial charge in [-0.05, 0) is 42.3 Å². The molecule has 106 valence electrons. The van der Waals surface area contributed by atoms with Crippen LogP contribution < -0.4 is 4.74 Å². The van der Waals surface area contributed by atoms with Gasteiger partial charge in [-0.2, -0.15) is 0 Å². The van der Waals surface area contributed by atoms with Gasteiger partial charge in [-0.1, -0.05) is 6.07 Å². The number of furan rings is 1. The van der Waals surface area contributed by atoms with Crippen LogP contribution >= 0.6 is 0 Å². The highest BCUT2D eigenvalue weighted by atomic mass is 16.5. The fraction of sp³-hybridized carbons (Fsp3) is 0.267. The van der Waals surface area contributed by atoms with E-state index in [9.17, 15) is 9.90 Å². The molecule has 1 aromatic carbocycles. The zero-order chi connectivity index (χ0) is 14.7. The maximum atomic E-state index is 11.3. The van der Waals surface area contributed by atoms with Crippen molar-refractivity contribution in [2.24, 2.45) is 0 Å². The summed E-state index contributed by atoms with van der Waals surface area (Å²) < 4.78 is 15.0. The van der Waals surface area contributed by atoms with Crippen molar-refractivity contribution in [1.82, 2.24) is 0 Å². The molecule has 0 bridgehead atoms. The Hall–Kier alpha value is -2.27. The van der Waals surface area contributed by atoms with Crippen LogP contribution in [0.4, 0.5) is 0 Å². The number of rotatable bonds is 4. The Morgan fingerprint density at radius 1 is 1.25 bits per heavy atom. The average Bonchev–Trinajstić information content (AvgIpc) is 2.95. The van der Waals surface area contributed by atoms with Crippen LogP contribution in [0.3, 0.4) is 0 Å². The van der Waals surface area contributed by atoms with Gasteiger partial charge in [0, 0.05) is 0 Å². The SMILES string of the molecule is COC(=O)c1ccc(C(O)c2ccc(OC)c(C)c2)o1. The highest BCUT2D eigenvalue weighted by molar-refractivity contribution is 5.86. The second-order valence-electron chi connectivity index (χ2n) is 4.33. The number of hydrogen-bond donors (Lipinski definition) is 1. The lowest BCUT2D eigenvalue weighted by Gasteiger charge is -2.11. The number of carbonyl (C=O) groups is 1. The molecule has 2 rings (SSSR count). The number of esters is 1. The standard InChI is InChI=1S/C15H16O5/c1-9-8-10(4-5-11(9)18-2)14(16)12-6-7-13(20-12)15(17)19-3/h4-8,14,16H,1-3H3. The van der Waals surface area contributed by atoms with Gasteiger partial charge >= 0.3 is 5.97 Å². The van der Waals surface area contributed by atoms with E-state index in [4.69, 9.17) is 9.15 Å². The number of aliphatic hydroxyl groups is 1. The molecule has 0 spiro atoms. The zero-order valence-electron chi connectivity index (χ0n) is 11.5. The third kappa shape index (κ3) is 2.67. The minimum absolute atomic E-state index is 0.0618. The molecular formula is C15H16O5. The van der Waals surface area contributed by atoms with E-state index < -0.39 is 12.1 Å². The van der Waals surface area contributed by atoms with Crippen LogP contribution in [0.5, 0.6) is 5.75 Å². The highest BCUT2D eigenvalue weighted by Crippen LogP contribution is 2.27. The van der Waals surface area contributed by atoms with Crippen molar-refractivity contribution in [3.63, 3.8) is 0 Å². The molecular weight excluding hydrogens is 260 g/mol. The topological polar surface area (TPSA) is 68.9 Å². The van der Waals surface area contributed by atoms with Crippen molar-refractivity contribution in [3.05, 3.63) is 53.0 Å². The molecule has 20 heavy (non-hydrogen) atoms. The molecule has 0 aliphatic carbocycles. The molecule has 5 heteroatoms. The van der Waals surface area contributed by atoms with Crippen LogP contribution in [0.15, 0.2) is 34.7 Å². The summed E-state index contributed by atoms with van der Waals surface area (Å²) in [6.45, 7) is 1.89. The van der Waals surface area contributed by atoms with E-state index in [0.29, 0.717) is 5.56 Å². The summed E-state index contributed by atoms with van der Waals surface area (Å²) >= 11 is 0. The quantitative estimate of drug-likeness (QED) is 0.869. The summed E-state index contributed by atoms with van der Waals surface area (Å²) in [6, 6.07) is 8.36. The number of aliphatic hydroxyl groups excluding tert-OH is 1. The summed E-state index contributed by atoms with van der Waals surface area (Å²) in [6.07, 6.45) is -0.946. The molecule has 0 radical (unpaired) electrons. The van der Waals surface area contributed by atoms with Crippen LogP contribution in [-0.4, -0.2) is 25.3 Å². The fourth-order valence-electron chi connectivity index (χ4n) is 1.95. The first kappa shape index (κ1) is 14.1.